The lowest BCUT2D eigenvalue weighted by Gasteiger charge is -2.13. The van der Waals surface area contributed by atoms with Crippen molar-refractivity contribution >= 4 is 17.4 Å². The first-order valence-electron chi connectivity index (χ1n) is 10.6. The molecule has 3 heterocycles. The number of anilines is 2. The Morgan fingerprint density at radius 3 is 2.47 bits per heavy atom. The summed E-state index contributed by atoms with van der Waals surface area (Å²) in [6, 6.07) is 14.3. The zero-order chi connectivity index (χ0) is 24.3. The monoisotopic (exact) mass is 459 g/mol. The standard InChI is InChI=1S/C26H23F2N5O/c1-16-4-5-21(33-25(34)19-10-20(15-30-14-19)26(2,27)28)13-22(16)17-6-8-31-23(11-17)18-7-9-32-24(12-18)29-3/h4-15H,1-3H3,(H,29,32)(H,33,34). The molecule has 6 nitrogen and oxygen atoms in total. The van der Waals surface area contributed by atoms with Crippen LogP contribution in [0.3, 0.4) is 0 Å². The number of benzene rings is 1. The van der Waals surface area contributed by atoms with Gasteiger partial charge in [-0.1, -0.05) is 6.07 Å². The molecule has 0 fully saturated rings. The summed E-state index contributed by atoms with van der Waals surface area (Å²) < 4.78 is 27.2. The van der Waals surface area contributed by atoms with Gasteiger partial charge in [0.05, 0.1) is 11.3 Å². The molecule has 172 valence electrons. The van der Waals surface area contributed by atoms with E-state index in [-0.39, 0.29) is 11.1 Å². The Morgan fingerprint density at radius 1 is 0.941 bits per heavy atom. The summed E-state index contributed by atoms with van der Waals surface area (Å²) in [5.74, 6) is -2.85. The van der Waals surface area contributed by atoms with Crippen LogP contribution < -0.4 is 10.6 Å². The van der Waals surface area contributed by atoms with Gasteiger partial charge < -0.3 is 10.6 Å². The van der Waals surface area contributed by atoms with Gasteiger partial charge in [0, 0.05) is 55.6 Å². The minimum absolute atomic E-state index is 0.0605. The Labute approximate surface area is 196 Å². The summed E-state index contributed by atoms with van der Waals surface area (Å²) in [6.07, 6.45) is 5.78. The molecule has 0 unspecified atom stereocenters. The molecule has 34 heavy (non-hydrogen) atoms. The van der Waals surface area contributed by atoms with Crippen LogP contribution in [0.5, 0.6) is 0 Å². The van der Waals surface area contributed by atoms with Gasteiger partial charge in [-0.15, -0.1) is 0 Å². The molecule has 4 aromatic rings. The zero-order valence-corrected chi connectivity index (χ0v) is 18.9. The minimum atomic E-state index is -3.08. The summed E-state index contributed by atoms with van der Waals surface area (Å²) in [4.78, 5) is 25.2. The van der Waals surface area contributed by atoms with Crippen molar-refractivity contribution in [3.8, 4) is 22.4 Å². The van der Waals surface area contributed by atoms with E-state index < -0.39 is 11.8 Å². The highest BCUT2D eigenvalue weighted by Gasteiger charge is 2.25. The molecule has 0 radical (unpaired) electrons. The van der Waals surface area contributed by atoms with Gasteiger partial charge in [0.25, 0.3) is 11.8 Å². The summed E-state index contributed by atoms with van der Waals surface area (Å²) in [6.45, 7) is 2.75. The molecule has 8 heteroatoms. The number of alkyl halides is 2. The maximum absolute atomic E-state index is 13.6. The molecule has 0 saturated carbocycles. The zero-order valence-electron chi connectivity index (χ0n) is 18.9. The van der Waals surface area contributed by atoms with Crippen LogP contribution in [0.1, 0.15) is 28.4 Å². The van der Waals surface area contributed by atoms with E-state index in [1.165, 1.54) is 6.20 Å². The van der Waals surface area contributed by atoms with E-state index in [0.29, 0.717) is 5.69 Å². The molecular formula is C26H23F2N5O. The van der Waals surface area contributed by atoms with E-state index in [1.54, 1.807) is 25.5 Å². The predicted octanol–water partition coefficient (Wildman–Crippen LogP) is 5.92. The topological polar surface area (TPSA) is 79.8 Å². The highest BCUT2D eigenvalue weighted by atomic mass is 19.3. The molecule has 1 aromatic carbocycles. The van der Waals surface area contributed by atoms with E-state index in [9.17, 15) is 13.6 Å². The number of aromatic nitrogens is 3. The fourth-order valence-electron chi connectivity index (χ4n) is 3.50. The predicted molar refractivity (Wildman–Crippen MR) is 129 cm³/mol. The normalized spacial score (nSPS) is 11.2. The van der Waals surface area contributed by atoms with E-state index in [0.717, 1.165) is 53.0 Å². The number of amides is 1. The molecule has 4 rings (SSSR count). The fraction of sp³-hybridized carbons (Fsp3) is 0.154. The lowest BCUT2D eigenvalue weighted by molar-refractivity contribution is 0.0171. The highest BCUT2D eigenvalue weighted by molar-refractivity contribution is 6.04. The second-order valence-corrected chi connectivity index (χ2v) is 7.94. The van der Waals surface area contributed by atoms with Gasteiger partial charge in [-0.2, -0.15) is 0 Å². The van der Waals surface area contributed by atoms with Crippen molar-refractivity contribution in [1.82, 2.24) is 15.0 Å². The second-order valence-electron chi connectivity index (χ2n) is 7.94. The number of nitrogens with one attached hydrogen (secondary N) is 2. The Kier molecular flexibility index (Phi) is 6.32. The number of pyridine rings is 3. The van der Waals surface area contributed by atoms with Crippen molar-refractivity contribution in [3.05, 3.63) is 90.0 Å². The molecule has 0 aliphatic rings. The van der Waals surface area contributed by atoms with Gasteiger partial charge in [0.1, 0.15) is 5.82 Å². The molecule has 2 N–H and O–H groups in total. The first-order chi connectivity index (χ1) is 16.2. The van der Waals surface area contributed by atoms with E-state index in [4.69, 9.17) is 0 Å². The largest absolute Gasteiger partial charge is 0.373 e. The minimum Gasteiger partial charge on any atom is -0.373 e. The van der Waals surface area contributed by atoms with Crippen LogP contribution in [0.4, 0.5) is 20.3 Å². The van der Waals surface area contributed by atoms with Gasteiger partial charge in [-0.05, 0) is 66.1 Å². The quantitative estimate of drug-likeness (QED) is 0.374. The van der Waals surface area contributed by atoms with Crippen LogP contribution in [0.15, 0.2) is 73.3 Å². The van der Waals surface area contributed by atoms with E-state index in [2.05, 4.69) is 25.6 Å². The van der Waals surface area contributed by atoms with Crippen molar-refractivity contribution in [2.24, 2.45) is 0 Å². The molecule has 0 saturated heterocycles. The Morgan fingerprint density at radius 2 is 1.71 bits per heavy atom. The average Bonchev–Trinajstić information content (AvgIpc) is 2.85. The van der Waals surface area contributed by atoms with Crippen LogP contribution in [0.25, 0.3) is 22.4 Å². The summed E-state index contributed by atoms with van der Waals surface area (Å²) in [7, 11) is 1.80. The van der Waals surface area contributed by atoms with Gasteiger partial charge in [0.15, 0.2) is 0 Å². The third kappa shape index (κ3) is 5.06. The van der Waals surface area contributed by atoms with Crippen molar-refractivity contribution < 1.29 is 13.6 Å². The summed E-state index contributed by atoms with van der Waals surface area (Å²) in [5.41, 5.74) is 4.84. The smallest absolute Gasteiger partial charge is 0.272 e. The first kappa shape index (κ1) is 23.0. The lowest BCUT2D eigenvalue weighted by atomic mass is 9.99. The van der Waals surface area contributed by atoms with Crippen LogP contribution >= 0.6 is 0 Å². The van der Waals surface area contributed by atoms with Gasteiger partial charge >= 0.3 is 0 Å². The van der Waals surface area contributed by atoms with Crippen molar-refractivity contribution in [1.29, 1.82) is 0 Å². The van der Waals surface area contributed by atoms with Crippen LogP contribution in [-0.4, -0.2) is 27.9 Å². The Balaban J connectivity index is 1.63. The molecule has 0 aliphatic heterocycles. The molecule has 3 aromatic heterocycles. The molecular weight excluding hydrogens is 436 g/mol. The number of hydrogen-bond acceptors (Lipinski definition) is 5. The van der Waals surface area contributed by atoms with Gasteiger partial charge in [0.2, 0.25) is 0 Å². The van der Waals surface area contributed by atoms with E-state index >= 15 is 0 Å². The molecule has 0 spiro atoms. The molecule has 0 bridgehead atoms. The number of halogens is 2. The number of rotatable bonds is 6. The van der Waals surface area contributed by atoms with Crippen molar-refractivity contribution in [2.75, 3.05) is 17.7 Å². The fourth-order valence-corrected chi connectivity index (χ4v) is 3.50. The SMILES string of the molecule is CNc1cc(-c2cc(-c3cc(NC(=O)c4cncc(C(C)(F)F)c4)ccc3C)ccn2)ccn1. The summed E-state index contributed by atoms with van der Waals surface area (Å²) in [5, 5.41) is 5.80. The number of carbonyl (C=O) groups is 1. The number of aryl methyl sites for hydroxylation is 1. The number of hydrogen-bond donors (Lipinski definition) is 2. The number of carbonyl (C=O) groups excluding carboxylic acids is 1. The Hall–Kier alpha value is -4.20. The Bertz CT molecular complexity index is 1350. The van der Waals surface area contributed by atoms with Gasteiger partial charge in [-0.25, -0.2) is 13.8 Å². The van der Waals surface area contributed by atoms with Crippen LogP contribution in [0.2, 0.25) is 0 Å². The highest BCUT2D eigenvalue weighted by Crippen LogP contribution is 2.30. The van der Waals surface area contributed by atoms with Crippen molar-refractivity contribution in [2.45, 2.75) is 19.8 Å². The summed E-state index contributed by atoms with van der Waals surface area (Å²) >= 11 is 0. The molecule has 1 amide bonds. The van der Waals surface area contributed by atoms with Gasteiger partial charge in [-0.3, -0.25) is 14.8 Å². The average molecular weight is 460 g/mol. The maximum Gasteiger partial charge on any atom is 0.272 e. The van der Waals surface area contributed by atoms with Crippen LogP contribution in [0, 0.1) is 6.92 Å². The van der Waals surface area contributed by atoms with Crippen molar-refractivity contribution in [3.63, 3.8) is 0 Å². The van der Waals surface area contributed by atoms with Crippen LogP contribution in [-0.2, 0) is 5.92 Å². The second kappa shape index (κ2) is 9.35. The third-order valence-electron chi connectivity index (χ3n) is 5.39. The van der Waals surface area contributed by atoms with E-state index in [1.807, 2.05) is 43.3 Å². The maximum atomic E-state index is 13.6. The molecule has 0 atom stereocenters. The third-order valence-corrected chi connectivity index (χ3v) is 5.39. The number of nitrogens with zero attached hydrogens (tertiary/aromatic N) is 3. The molecule has 0 aliphatic carbocycles. The lowest BCUT2D eigenvalue weighted by Crippen LogP contribution is -2.15. The first-order valence-corrected chi connectivity index (χ1v) is 10.6.